The summed E-state index contributed by atoms with van der Waals surface area (Å²) in [6.45, 7) is 0. The average molecular weight is 268 g/mol. The molecule has 1 amide bonds. The lowest BCUT2D eigenvalue weighted by Gasteiger charge is -2.29. The number of hydrogen-bond donors (Lipinski definition) is 3. The van der Waals surface area contributed by atoms with Gasteiger partial charge in [-0.25, -0.2) is 0 Å². The minimum atomic E-state index is -1.30. The highest BCUT2D eigenvalue weighted by Crippen LogP contribution is 2.55. The predicted molar refractivity (Wildman–Crippen MR) is 74.6 cm³/mol. The number of nitrogens with one attached hydrogen (secondary N) is 2. The molecule has 2 N–H and O–H groups in total. The van der Waals surface area contributed by atoms with Gasteiger partial charge in [0.15, 0.2) is 0 Å². The summed E-state index contributed by atoms with van der Waals surface area (Å²) in [5.41, 5.74) is 1.99. The summed E-state index contributed by atoms with van der Waals surface area (Å²) in [5, 5.41) is 3.09. The largest absolute Gasteiger partial charge is 0.342 e. The molecule has 1 spiro atoms. The monoisotopic (exact) mass is 268 g/mol. The molecule has 1 aromatic carbocycles. The van der Waals surface area contributed by atoms with Crippen LogP contribution in [-0.2, 0) is 5.54 Å². The number of hydrogen-bond acceptors (Lipinski definition) is 3. The van der Waals surface area contributed by atoms with Crippen molar-refractivity contribution in [3.63, 3.8) is 0 Å². The fraction of sp³-hybridized carbons (Fsp3) is 0.417. The van der Waals surface area contributed by atoms with Gasteiger partial charge in [-0.15, -0.1) is 20.9 Å². The van der Waals surface area contributed by atoms with E-state index < -0.39 is 9.25 Å². The molecule has 1 heterocycles. The van der Waals surface area contributed by atoms with E-state index in [9.17, 15) is 4.79 Å². The van der Waals surface area contributed by atoms with E-state index in [0.717, 1.165) is 23.3 Å². The molecule has 17 heavy (non-hydrogen) atoms. The Morgan fingerprint density at radius 2 is 2.18 bits per heavy atom. The first-order valence-corrected chi connectivity index (χ1v) is 8.74. The van der Waals surface area contributed by atoms with Crippen LogP contribution >= 0.6 is 20.9 Å². The summed E-state index contributed by atoms with van der Waals surface area (Å²) in [6, 6.07) is 6.18. The molecule has 5 heteroatoms. The van der Waals surface area contributed by atoms with Gasteiger partial charge < -0.3 is 5.32 Å². The van der Waals surface area contributed by atoms with Crippen molar-refractivity contribution in [2.45, 2.75) is 23.3 Å². The molecule has 0 aromatic heterocycles. The third kappa shape index (κ3) is 1.60. The van der Waals surface area contributed by atoms with Crippen LogP contribution in [-0.4, -0.2) is 19.2 Å². The molecule has 1 aliphatic carbocycles. The lowest BCUT2D eigenvalue weighted by Crippen LogP contribution is -2.25. The van der Waals surface area contributed by atoms with Gasteiger partial charge in [0, 0.05) is 10.5 Å². The molecule has 3 rings (SSSR count). The van der Waals surface area contributed by atoms with Crippen LogP contribution < -0.4 is 10.0 Å². The summed E-state index contributed by atoms with van der Waals surface area (Å²) >= 11 is 4.65. The van der Waals surface area contributed by atoms with E-state index in [-0.39, 0.29) is 11.4 Å². The van der Waals surface area contributed by atoms with Gasteiger partial charge in [0.2, 0.25) is 0 Å². The van der Waals surface area contributed by atoms with Crippen LogP contribution in [0, 0.1) is 0 Å². The molecular formula is C12H16N2OS2. The van der Waals surface area contributed by atoms with E-state index in [4.69, 9.17) is 0 Å². The second-order valence-electron chi connectivity index (χ2n) is 4.82. The van der Waals surface area contributed by atoms with Gasteiger partial charge in [-0.2, -0.15) is 0 Å². The first-order chi connectivity index (χ1) is 7.98. The van der Waals surface area contributed by atoms with Crippen molar-refractivity contribution in [3.8, 4) is 0 Å². The maximum atomic E-state index is 11.9. The van der Waals surface area contributed by atoms with Gasteiger partial charge in [0.25, 0.3) is 5.91 Å². The van der Waals surface area contributed by atoms with Crippen molar-refractivity contribution in [1.29, 1.82) is 0 Å². The van der Waals surface area contributed by atoms with Gasteiger partial charge in [-0.3, -0.25) is 9.52 Å². The number of benzene rings is 1. The SMILES string of the molecule is CNS(C)(S)c1ccc2c(c1)C(=O)NC21CC1. The van der Waals surface area contributed by atoms with Crippen LogP contribution in [0.4, 0.5) is 0 Å². The second kappa shape index (κ2) is 3.43. The molecule has 1 saturated carbocycles. The highest BCUT2D eigenvalue weighted by Gasteiger charge is 2.52. The Morgan fingerprint density at radius 3 is 2.76 bits per heavy atom. The number of rotatable bonds is 2. The Morgan fingerprint density at radius 1 is 1.47 bits per heavy atom. The zero-order chi connectivity index (χ0) is 12.3. The van der Waals surface area contributed by atoms with E-state index in [2.05, 4.69) is 40.1 Å². The van der Waals surface area contributed by atoms with Gasteiger partial charge in [-0.05, 0) is 43.8 Å². The van der Waals surface area contributed by atoms with Gasteiger partial charge >= 0.3 is 0 Å². The second-order valence-corrected chi connectivity index (χ2v) is 9.64. The lowest BCUT2D eigenvalue weighted by molar-refractivity contribution is 0.0952. The Bertz CT molecular complexity index is 509. The molecule has 0 bridgehead atoms. The van der Waals surface area contributed by atoms with Crippen molar-refractivity contribution in [2.24, 2.45) is 0 Å². The van der Waals surface area contributed by atoms with E-state index >= 15 is 0 Å². The fourth-order valence-electron chi connectivity index (χ4n) is 2.36. The molecule has 1 aliphatic heterocycles. The Labute approximate surface area is 108 Å². The van der Waals surface area contributed by atoms with E-state index in [1.54, 1.807) is 0 Å². The normalized spacial score (nSPS) is 25.0. The van der Waals surface area contributed by atoms with E-state index in [0.29, 0.717) is 0 Å². The zero-order valence-corrected chi connectivity index (χ0v) is 11.6. The van der Waals surface area contributed by atoms with Crippen molar-refractivity contribution >= 4 is 26.8 Å². The quantitative estimate of drug-likeness (QED) is 0.568. The summed E-state index contributed by atoms with van der Waals surface area (Å²) < 4.78 is 3.22. The number of carbonyl (C=O) groups is 1. The minimum absolute atomic E-state index is 0.0209. The molecule has 0 radical (unpaired) electrons. The minimum Gasteiger partial charge on any atom is -0.342 e. The highest BCUT2D eigenvalue weighted by atomic mass is 33.1. The number of thiol groups is 1. The van der Waals surface area contributed by atoms with Gasteiger partial charge in [-0.1, -0.05) is 6.07 Å². The Kier molecular flexibility index (Phi) is 2.31. The maximum Gasteiger partial charge on any atom is 0.252 e. The van der Waals surface area contributed by atoms with Crippen LogP contribution in [0.25, 0.3) is 0 Å². The van der Waals surface area contributed by atoms with E-state index in [1.165, 1.54) is 5.56 Å². The lowest BCUT2D eigenvalue weighted by atomic mass is 10.0. The van der Waals surface area contributed by atoms with E-state index in [1.807, 2.05) is 13.1 Å². The summed E-state index contributed by atoms with van der Waals surface area (Å²) in [5.74, 6) is 0.0685. The highest BCUT2D eigenvalue weighted by molar-refractivity contribution is 8.86. The summed E-state index contributed by atoms with van der Waals surface area (Å²) in [7, 11) is 0.605. The van der Waals surface area contributed by atoms with Crippen LogP contribution in [0.3, 0.4) is 0 Å². The average Bonchev–Trinajstić information content (AvgIpc) is 3.02. The molecule has 1 atom stereocenters. The van der Waals surface area contributed by atoms with Crippen LogP contribution in [0.1, 0.15) is 28.8 Å². The molecule has 92 valence electrons. The van der Waals surface area contributed by atoms with Crippen LogP contribution in [0.2, 0.25) is 0 Å². The number of amides is 1. The molecule has 1 aromatic rings. The smallest absolute Gasteiger partial charge is 0.252 e. The standard InChI is InChI=1S/C12H16N2OS2/c1-13-17(2,16)8-3-4-10-9(7-8)11(15)14-12(10)5-6-12/h3-4,7,13,16H,5-6H2,1-2H3,(H,14,15). The summed E-state index contributed by atoms with van der Waals surface area (Å²) in [4.78, 5) is 13.0. The van der Waals surface area contributed by atoms with Gasteiger partial charge in [0.05, 0.1) is 5.54 Å². The maximum absolute atomic E-state index is 11.9. The predicted octanol–water partition coefficient (Wildman–Crippen LogP) is 2.19. The molecule has 3 nitrogen and oxygen atoms in total. The van der Waals surface area contributed by atoms with Gasteiger partial charge in [0.1, 0.15) is 0 Å². The molecule has 2 aliphatic rings. The van der Waals surface area contributed by atoms with Crippen LogP contribution in [0.5, 0.6) is 0 Å². The van der Waals surface area contributed by atoms with Crippen molar-refractivity contribution in [2.75, 3.05) is 13.3 Å². The van der Waals surface area contributed by atoms with Crippen molar-refractivity contribution < 1.29 is 4.79 Å². The molecular weight excluding hydrogens is 252 g/mol. The molecule has 1 fully saturated rings. The first kappa shape index (κ1) is 11.4. The van der Waals surface area contributed by atoms with Crippen molar-refractivity contribution in [1.82, 2.24) is 10.0 Å². The topological polar surface area (TPSA) is 41.1 Å². The number of carbonyl (C=O) groups excluding carboxylic acids is 1. The van der Waals surface area contributed by atoms with Crippen molar-refractivity contribution in [3.05, 3.63) is 29.3 Å². The van der Waals surface area contributed by atoms with Crippen LogP contribution in [0.15, 0.2) is 23.1 Å². The zero-order valence-electron chi connectivity index (χ0n) is 9.91. The number of fused-ring (bicyclic) bond motifs is 2. The molecule has 0 saturated heterocycles. The Balaban J connectivity index is 2.09. The third-order valence-corrected chi connectivity index (χ3v) is 6.86. The molecule has 1 unspecified atom stereocenters. The first-order valence-electron chi connectivity index (χ1n) is 5.65. The Hall–Kier alpha value is -0.650. The third-order valence-electron chi connectivity index (χ3n) is 3.71. The summed E-state index contributed by atoms with van der Waals surface area (Å²) in [6.07, 6.45) is 4.21. The fourth-order valence-corrected chi connectivity index (χ4v) is 3.62.